The van der Waals surface area contributed by atoms with Crippen LogP contribution >= 0.6 is 0 Å². The van der Waals surface area contributed by atoms with Crippen LogP contribution in [0.15, 0.2) is 24.4 Å². The molecule has 5 heteroatoms. The number of nitrogens with zero attached hydrogens (tertiary/aromatic N) is 1. The van der Waals surface area contributed by atoms with E-state index in [0.717, 1.165) is 6.42 Å². The zero-order valence-corrected chi connectivity index (χ0v) is 10.1. The Morgan fingerprint density at radius 1 is 1.59 bits per heavy atom. The minimum atomic E-state index is -0.458. The topological polar surface area (TPSA) is 76.3 Å². The highest BCUT2D eigenvalue weighted by atomic mass is 16.5. The zero-order chi connectivity index (χ0) is 12.8. The van der Waals surface area contributed by atoms with Crippen LogP contribution in [0.25, 0.3) is 0 Å². The van der Waals surface area contributed by atoms with E-state index >= 15 is 0 Å². The predicted molar refractivity (Wildman–Crippen MR) is 63.2 cm³/mol. The van der Waals surface area contributed by atoms with E-state index in [-0.39, 0.29) is 24.3 Å². The normalized spacial score (nSPS) is 14.1. The summed E-state index contributed by atoms with van der Waals surface area (Å²) in [6.07, 6.45) is 2.11. The molecular formula is C12H18N2O3. The van der Waals surface area contributed by atoms with Crippen molar-refractivity contribution in [2.45, 2.75) is 26.3 Å². The van der Waals surface area contributed by atoms with Crippen molar-refractivity contribution in [3.63, 3.8) is 0 Å². The molecule has 0 saturated carbocycles. The number of carbonyl (C=O) groups is 1. The third kappa shape index (κ3) is 3.42. The average molecular weight is 238 g/mol. The molecule has 0 radical (unpaired) electrons. The van der Waals surface area contributed by atoms with Crippen LogP contribution < -0.4 is 10.0 Å². The summed E-state index contributed by atoms with van der Waals surface area (Å²) in [6, 6.07) is 4.31. The molecule has 2 atom stereocenters. The van der Waals surface area contributed by atoms with Gasteiger partial charge >= 0.3 is 5.91 Å². The van der Waals surface area contributed by atoms with Gasteiger partial charge in [0.25, 0.3) is 5.69 Å². The van der Waals surface area contributed by atoms with Crippen molar-refractivity contribution in [2.75, 3.05) is 6.61 Å². The lowest BCUT2D eigenvalue weighted by Crippen LogP contribution is -2.46. The van der Waals surface area contributed by atoms with Crippen molar-refractivity contribution in [1.82, 2.24) is 5.32 Å². The molecule has 94 valence electrons. The summed E-state index contributed by atoms with van der Waals surface area (Å²) >= 11 is 0. The lowest BCUT2D eigenvalue weighted by atomic mass is 10.00. The molecule has 2 N–H and O–H groups in total. The van der Waals surface area contributed by atoms with Crippen LogP contribution in [-0.2, 0) is 0 Å². The fourth-order valence-corrected chi connectivity index (χ4v) is 1.50. The van der Waals surface area contributed by atoms with E-state index in [9.17, 15) is 15.1 Å². The molecule has 1 rings (SSSR count). The van der Waals surface area contributed by atoms with Crippen LogP contribution in [0.2, 0.25) is 0 Å². The molecule has 1 heterocycles. The van der Waals surface area contributed by atoms with Crippen LogP contribution in [0.4, 0.5) is 0 Å². The molecule has 0 fully saturated rings. The number of aliphatic hydroxyl groups is 1. The largest absolute Gasteiger partial charge is 0.618 e. The van der Waals surface area contributed by atoms with Crippen molar-refractivity contribution in [1.29, 1.82) is 0 Å². The molecule has 0 bridgehead atoms. The van der Waals surface area contributed by atoms with Gasteiger partial charge in [0.2, 0.25) is 0 Å². The van der Waals surface area contributed by atoms with Gasteiger partial charge in [-0.25, -0.2) is 0 Å². The van der Waals surface area contributed by atoms with Gasteiger partial charge in [0.1, 0.15) is 0 Å². The number of hydrogen-bond acceptors (Lipinski definition) is 3. The van der Waals surface area contributed by atoms with Gasteiger partial charge in [-0.15, -0.1) is 0 Å². The molecule has 0 aliphatic carbocycles. The van der Waals surface area contributed by atoms with E-state index in [2.05, 4.69) is 5.32 Å². The summed E-state index contributed by atoms with van der Waals surface area (Å²) < 4.78 is 0.514. The quantitative estimate of drug-likeness (QED) is 0.578. The third-order valence-corrected chi connectivity index (χ3v) is 2.90. The maximum Gasteiger partial charge on any atom is 0.317 e. The Hall–Kier alpha value is -1.62. The predicted octanol–water partition coefficient (Wildman–Crippen LogP) is 0.457. The molecule has 1 amide bonds. The van der Waals surface area contributed by atoms with Crippen molar-refractivity contribution in [2.24, 2.45) is 5.92 Å². The van der Waals surface area contributed by atoms with E-state index in [1.165, 1.54) is 12.3 Å². The maximum absolute atomic E-state index is 11.8. The molecule has 1 aromatic rings. The summed E-state index contributed by atoms with van der Waals surface area (Å²) in [4.78, 5) is 11.8. The Morgan fingerprint density at radius 2 is 2.29 bits per heavy atom. The van der Waals surface area contributed by atoms with Crippen LogP contribution in [-0.4, -0.2) is 23.7 Å². The molecule has 17 heavy (non-hydrogen) atoms. The number of aliphatic hydroxyl groups excluding tert-OH is 1. The van der Waals surface area contributed by atoms with Crippen LogP contribution in [0.1, 0.15) is 30.8 Å². The molecule has 0 aromatic carbocycles. The Morgan fingerprint density at radius 3 is 2.82 bits per heavy atom. The molecule has 0 saturated heterocycles. The Bertz CT molecular complexity index is 382. The summed E-state index contributed by atoms with van der Waals surface area (Å²) in [7, 11) is 0. The Labute approximate surface area is 101 Å². The molecular weight excluding hydrogens is 220 g/mol. The lowest BCUT2D eigenvalue weighted by Gasteiger charge is -2.21. The standard InChI is InChI=1S/C12H18N2O3/c1-3-9(2)10(8-15)13-12(16)11-6-4-5-7-14(11)17/h4-7,9-10,15H,3,8H2,1-2H3,(H,13,16)/t9-,10-/m1/s1. The molecule has 5 nitrogen and oxygen atoms in total. The van der Waals surface area contributed by atoms with Gasteiger partial charge < -0.3 is 15.6 Å². The van der Waals surface area contributed by atoms with Gasteiger partial charge in [0, 0.05) is 12.1 Å². The number of carbonyl (C=O) groups excluding carboxylic acids is 1. The number of hydrogen-bond donors (Lipinski definition) is 2. The van der Waals surface area contributed by atoms with Crippen molar-refractivity contribution < 1.29 is 14.6 Å². The summed E-state index contributed by atoms with van der Waals surface area (Å²) in [5.74, 6) is -0.298. The first-order chi connectivity index (χ1) is 8.10. The Kier molecular flexibility index (Phi) is 4.90. The second-order valence-electron chi connectivity index (χ2n) is 4.06. The Balaban J connectivity index is 2.75. The number of pyridine rings is 1. The zero-order valence-electron chi connectivity index (χ0n) is 10.1. The van der Waals surface area contributed by atoms with Gasteiger partial charge in [-0.3, -0.25) is 4.79 Å². The SMILES string of the molecule is CC[C@@H](C)[C@@H](CO)NC(=O)c1cccc[n+]1[O-]. The fourth-order valence-electron chi connectivity index (χ4n) is 1.50. The summed E-state index contributed by atoms with van der Waals surface area (Å²) in [5.41, 5.74) is 0.0363. The highest BCUT2D eigenvalue weighted by Crippen LogP contribution is 2.07. The minimum absolute atomic E-state index is 0.0363. The summed E-state index contributed by atoms with van der Waals surface area (Å²) in [6.45, 7) is 3.79. The van der Waals surface area contributed by atoms with E-state index in [0.29, 0.717) is 4.73 Å². The van der Waals surface area contributed by atoms with Gasteiger partial charge in [-0.2, -0.15) is 4.73 Å². The lowest BCUT2D eigenvalue weighted by molar-refractivity contribution is -0.607. The van der Waals surface area contributed by atoms with E-state index in [1.807, 2.05) is 13.8 Å². The van der Waals surface area contributed by atoms with Crippen LogP contribution in [0, 0.1) is 11.1 Å². The van der Waals surface area contributed by atoms with Crippen molar-refractivity contribution in [3.05, 3.63) is 35.3 Å². The van der Waals surface area contributed by atoms with E-state index < -0.39 is 5.91 Å². The monoisotopic (exact) mass is 238 g/mol. The van der Waals surface area contributed by atoms with Gasteiger partial charge in [-0.05, 0) is 12.0 Å². The third-order valence-electron chi connectivity index (χ3n) is 2.90. The number of nitrogens with one attached hydrogen (secondary N) is 1. The molecule has 0 spiro atoms. The second kappa shape index (κ2) is 6.20. The number of aromatic nitrogens is 1. The van der Waals surface area contributed by atoms with Crippen LogP contribution in [0.5, 0.6) is 0 Å². The fraction of sp³-hybridized carbons (Fsp3) is 0.500. The van der Waals surface area contributed by atoms with Gasteiger partial charge in [-0.1, -0.05) is 20.3 Å². The molecule has 0 aliphatic heterocycles. The van der Waals surface area contributed by atoms with Crippen LogP contribution in [0.3, 0.4) is 0 Å². The van der Waals surface area contributed by atoms with Gasteiger partial charge in [0.15, 0.2) is 6.20 Å². The maximum atomic E-state index is 11.8. The minimum Gasteiger partial charge on any atom is -0.618 e. The first-order valence-corrected chi connectivity index (χ1v) is 5.70. The summed E-state index contributed by atoms with van der Waals surface area (Å²) in [5, 5.41) is 23.2. The van der Waals surface area contributed by atoms with Crippen molar-refractivity contribution >= 4 is 5.91 Å². The highest BCUT2D eigenvalue weighted by molar-refractivity contribution is 5.91. The molecule has 1 aromatic heterocycles. The molecule has 0 aliphatic rings. The second-order valence-corrected chi connectivity index (χ2v) is 4.06. The van der Waals surface area contributed by atoms with E-state index in [1.54, 1.807) is 12.1 Å². The smallest absolute Gasteiger partial charge is 0.317 e. The first kappa shape index (κ1) is 13.4. The first-order valence-electron chi connectivity index (χ1n) is 5.70. The number of amides is 1. The highest BCUT2D eigenvalue weighted by Gasteiger charge is 2.22. The number of rotatable bonds is 5. The van der Waals surface area contributed by atoms with Gasteiger partial charge in [0.05, 0.1) is 12.6 Å². The molecule has 0 unspecified atom stereocenters. The van der Waals surface area contributed by atoms with Crippen molar-refractivity contribution in [3.8, 4) is 0 Å². The average Bonchev–Trinajstić information content (AvgIpc) is 2.35. The van der Waals surface area contributed by atoms with E-state index in [4.69, 9.17) is 0 Å².